The molecule has 3 nitrogen and oxygen atoms in total. The van der Waals surface area contributed by atoms with Gasteiger partial charge in [-0.05, 0) is 51.8 Å². The first-order chi connectivity index (χ1) is 9.51. The third-order valence-corrected chi connectivity index (χ3v) is 4.01. The number of rotatable bonds is 4. The normalized spacial score (nSPS) is 10.3. The number of methoxy groups -OCH3 is 1. The second-order valence-electron chi connectivity index (χ2n) is 4.30. The van der Waals surface area contributed by atoms with Crippen LogP contribution in [-0.4, -0.2) is 12.9 Å². The molecule has 0 aliphatic rings. The summed E-state index contributed by atoms with van der Waals surface area (Å²) in [7, 11) is 1.60. The zero-order valence-electron chi connectivity index (χ0n) is 10.8. The molecule has 20 heavy (non-hydrogen) atoms. The van der Waals surface area contributed by atoms with Gasteiger partial charge in [-0.2, -0.15) is 0 Å². The van der Waals surface area contributed by atoms with Crippen molar-refractivity contribution in [2.24, 2.45) is 0 Å². The molecule has 104 valence electrons. The average molecular weight is 399 g/mol. The van der Waals surface area contributed by atoms with Crippen molar-refractivity contribution < 1.29 is 9.53 Å². The van der Waals surface area contributed by atoms with Crippen LogP contribution >= 0.6 is 31.9 Å². The number of anilines is 1. The van der Waals surface area contributed by atoms with Crippen molar-refractivity contribution in [2.75, 3.05) is 12.8 Å². The number of nitrogens with two attached hydrogens (primary N) is 1. The first kappa shape index (κ1) is 15.1. The fraction of sp³-hybridized carbons (Fsp3) is 0.133. The first-order valence-corrected chi connectivity index (χ1v) is 7.50. The number of halogens is 2. The lowest BCUT2D eigenvalue weighted by Crippen LogP contribution is -2.07. The number of nitrogen functional groups attached to an aromatic ring is 1. The Bertz CT molecular complexity index is 656. The van der Waals surface area contributed by atoms with Gasteiger partial charge in [0.15, 0.2) is 5.78 Å². The molecule has 0 bridgehead atoms. The third-order valence-electron chi connectivity index (χ3n) is 2.89. The molecule has 2 rings (SSSR count). The molecule has 0 saturated heterocycles. The van der Waals surface area contributed by atoms with Gasteiger partial charge >= 0.3 is 0 Å². The van der Waals surface area contributed by atoms with Crippen LogP contribution in [0.2, 0.25) is 0 Å². The van der Waals surface area contributed by atoms with Gasteiger partial charge in [-0.15, -0.1) is 0 Å². The van der Waals surface area contributed by atoms with Crippen molar-refractivity contribution in [2.45, 2.75) is 6.42 Å². The zero-order chi connectivity index (χ0) is 14.7. The fourth-order valence-corrected chi connectivity index (χ4v) is 2.85. The van der Waals surface area contributed by atoms with E-state index in [9.17, 15) is 4.79 Å². The molecule has 2 N–H and O–H groups in total. The van der Waals surface area contributed by atoms with Gasteiger partial charge in [0.1, 0.15) is 5.75 Å². The molecule has 0 aromatic heterocycles. The quantitative estimate of drug-likeness (QED) is 0.619. The van der Waals surface area contributed by atoms with Gasteiger partial charge in [0.2, 0.25) is 0 Å². The first-order valence-electron chi connectivity index (χ1n) is 5.92. The lowest BCUT2D eigenvalue weighted by Gasteiger charge is -2.08. The minimum atomic E-state index is -0.00735. The lowest BCUT2D eigenvalue weighted by atomic mass is 10.0. The third kappa shape index (κ3) is 3.41. The van der Waals surface area contributed by atoms with Crippen LogP contribution in [0, 0.1) is 0 Å². The summed E-state index contributed by atoms with van der Waals surface area (Å²) >= 11 is 6.74. The van der Waals surface area contributed by atoms with E-state index in [4.69, 9.17) is 10.5 Å². The minimum Gasteiger partial charge on any atom is -0.496 e. The molecule has 5 heteroatoms. The topological polar surface area (TPSA) is 52.3 Å². The van der Waals surface area contributed by atoms with Gasteiger partial charge in [-0.1, -0.05) is 22.0 Å². The number of hydrogen-bond acceptors (Lipinski definition) is 3. The predicted octanol–water partition coefficient (Wildman–Crippen LogP) is 4.23. The Kier molecular flexibility index (Phi) is 4.83. The van der Waals surface area contributed by atoms with E-state index in [1.807, 2.05) is 24.3 Å². The number of benzene rings is 2. The van der Waals surface area contributed by atoms with Gasteiger partial charge < -0.3 is 10.5 Å². The van der Waals surface area contributed by atoms with Crippen molar-refractivity contribution in [3.05, 3.63) is 56.5 Å². The summed E-state index contributed by atoms with van der Waals surface area (Å²) in [4.78, 5) is 12.3. The Morgan fingerprint density at radius 3 is 2.55 bits per heavy atom. The Balaban J connectivity index is 2.21. The molecule has 0 amide bonds. The van der Waals surface area contributed by atoms with Crippen LogP contribution < -0.4 is 10.5 Å². The van der Waals surface area contributed by atoms with Gasteiger partial charge in [0, 0.05) is 22.1 Å². The highest BCUT2D eigenvalue weighted by Crippen LogP contribution is 2.26. The van der Waals surface area contributed by atoms with Gasteiger partial charge in [0.25, 0.3) is 0 Å². The highest BCUT2D eigenvalue weighted by molar-refractivity contribution is 9.10. The molecule has 0 radical (unpaired) electrons. The fourth-order valence-electron chi connectivity index (χ4n) is 1.89. The molecule has 2 aromatic rings. The van der Waals surface area contributed by atoms with E-state index in [0.717, 1.165) is 20.3 Å². The Morgan fingerprint density at radius 1 is 1.20 bits per heavy atom. The van der Waals surface area contributed by atoms with E-state index in [1.165, 1.54) is 0 Å². The van der Waals surface area contributed by atoms with E-state index in [1.54, 1.807) is 19.2 Å². The van der Waals surface area contributed by atoms with Crippen molar-refractivity contribution in [1.29, 1.82) is 0 Å². The van der Waals surface area contributed by atoms with Gasteiger partial charge in [-0.3, -0.25) is 4.79 Å². The number of carbonyl (C=O) groups excluding carboxylic acids is 1. The summed E-state index contributed by atoms with van der Waals surface area (Å²) in [5.41, 5.74) is 7.80. The maximum atomic E-state index is 12.3. The summed E-state index contributed by atoms with van der Waals surface area (Å²) in [6, 6.07) is 10.9. The van der Waals surface area contributed by atoms with Crippen molar-refractivity contribution in [3.63, 3.8) is 0 Å². The minimum absolute atomic E-state index is 0.00735. The molecule has 0 fully saturated rings. The summed E-state index contributed by atoms with van der Waals surface area (Å²) in [6.45, 7) is 0. The highest BCUT2D eigenvalue weighted by Gasteiger charge is 2.12. The standard InChI is InChI=1S/C15H13Br2NO2/c1-20-15-5-2-9(6-12(15)17)7-14(19)11-4-3-10(16)8-13(11)18/h2-6,8H,7,18H2,1H3. The second kappa shape index (κ2) is 6.41. The lowest BCUT2D eigenvalue weighted by molar-refractivity contribution is 0.0994. The van der Waals surface area contributed by atoms with E-state index < -0.39 is 0 Å². The SMILES string of the molecule is COc1ccc(CC(=O)c2ccc(Br)cc2N)cc1Br. The number of carbonyl (C=O) groups is 1. The van der Waals surface area contributed by atoms with Gasteiger partial charge in [-0.25, -0.2) is 0 Å². The second-order valence-corrected chi connectivity index (χ2v) is 6.07. The molecular weight excluding hydrogens is 386 g/mol. The van der Waals surface area contributed by atoms with E-state index in [0.29, 0.717) is 17.7 Å². The summed E-state index contributed by atoms with van der Waals surface area (Å²) in [5.74, 6) is 0.733. The molecule has 0 aliphatic carbocycles. The molecule has 0 aliphatic heterocycles. The monoisotopic (exact) mass is 397 g/mol. The number of hydrogen-bond donors (Lipinski definition) is 1. The Morgan fingerprint density at radius 2 is 1.95 bits per heavy atom. The number of Topliss-reactive ketones (excluding diaryl/α,β-unsaturated/α-hetero) is 1. The predicted molar refractivity (Wildman–Crippen MR) is 87.3 cm³/mol. The van der Waals surface area contributed by atoms with E-state index >= 15 is 0 Å². The molecule has 2 aromatic carbocycles. The van der Waals surface area contributed by atoms with E-state index in [2.05, 4.69) is 31.9 Å². The number of ketones is 1. The average Bonchev–Trinajstić information content (AvgIpc) is 2.38. The maximum Gasteiger partial charge on any atom is 0.169 e. The van der Waals surface area contributed by atoms with Crippen LogP contribution in [0.15, 0.2) is 45.3 Å². The molecule has 0 spiro atoms. The molecule has 0 saturated carbocycles. The van der Waals surface area contributed by atoms with Crippen LogP contribution in [0.1, 0.15) is 15.9 Å². The van der Waals surface area contributed by atoms with E-state index in [-0.39, 0.29) is 5.78 Å². The molecule has 0 heterocycles. The van der Waals surface area contributed by atoms with Crippen molar-refractivity contribution in [3.8, 4) is 5.75 Å². The zero-order valence-corrected chi connectivity index (χ0v) is 14.0. The maximum absolute atomic E-state index is 12.3. The highest BCUT2D eigenvalue weighted by atomic mass is 79.9. The summed E-state index contributed by atoms with van der Waals surface area (Å²) < 4.78 is 6.85. The van der Waals surface area contributed by atoms with Crippen LogP contribution in [0.5, 0.6) is 5.75 Å². The van der Waals surface area contributed by atoms with Gasteiger partial charge in [0.05, 0.1) is 11.6 Å². The number of ether oxygens (including phenoxy) is 1. The van der Waals surface area contributed by atoms with Crippen LogP contribution in [0.25, 0.3) is 0 Å². The van der Waals surface area contributed by atoms with Crippen molar-refractivity contribution >= 4 is 43.3 Å². The Labute approximate surface area is 134 Å². The molecule has 0 atom stereocenters. The molecular formula is C15H13Br2NO2. The summed E-state index contributed by atoms with van der Waals surface area (Å²) in [6.07, 6.45) is 0.300. The van der Waals surface area contributed by atoms with Crippen molar-refractivity contribution in [1.82, 2.24) is 0 Å². The smallest absolute Gasteiger partial charge is 0.169 e. The van der Waals surface area contributed by atoms with Crippen LogP contribution in [-0.2, 0) is 6.42 Å². The largest absolute Gasteiger partial charge is 0.496 e. The summed E-state index contributed by atoms with van der Waals surface area (Å²) in [5, 5.41) is 0. The Hall–Kier alpha value is -1.33. The van der Waals surface area contributed by atoms with Crippen LogP contribution in [0.3, 0.4) is 0 Å². The van der Waals surface area contributed by atoms with Crippen LogP contribution in [0.4, 0.5) is 5.69 Å². The molecule has 0 unspecified atom stereocenters.